The highest BCUT2D eigenvalue weighted by atomic mass is 16.5. The molecule has 0 bridgehead atoms. The Balaban J connectivity index is 1.95. The Labute approximate surface area is 122 Å². The Hall–Kier alpha value is -1.06. The second-order valence-corrected chi connectivity index (χ2v) is 7.19. The van der Waals surface area contributed by atoms with Crippen molar-refractivity contribution in [3.05, 3.63) is 29.8 Å². The zero-order valence-corrected chi connectivity index (χ0v) is 13.1. The number of aliphatic hydroxyl groups is 1. The third kappa shape index (κ3) is 4.50. The molecule has 3 nitrogen and oxygen atoms in total. The summed E-state index contributed by atoms with van der Waals surface area (Å²) in [5.41, 5.74) is 0.369. The van der Waals surface area contributed by atoms with Gasteiger partial charge in [-0.1, -0.05) is 39.0 Å². The predicted octanol–water partition coefficient (Wildman–Crippen LogP) is 2.87. The first kappa shape index (κ1) is 15.3. The average molecular weight is 277 g/mol. The molecular weight excluding hydrogens is 250 g/mol. The second-order valence-electron chi connectivity index (χ2n) is 7.19. The molecule has 0 amide bonds. The van der Waals surface area contributed by atoms with Crippen LogP contribution in [-0.2, 0) is 5.41 Å². The lowest BCUT2D eigenvalue weighted by molar-refractivity contribution is 0.0115. The van der Waals surface area contributed by atoms with Gasteiger partial charge in [0.1, 0.15) is 18.0 Å². The molecule has 1 fully saturated rings. The zero-order chi connectivity index (χ0) is 14.8. The summed E-state index contributed by atoms with van der Waals surface area (Å²) in [6.45, 7) is 9.21. The molecular formula is C17H27NO2. The van der Waals surface area contributed by atoms with Crippen molar-refractivity contribution in [1.82, 2.24) is 5.32 Å². The van der Waals surface area contributed by atoms with Crippen molar-refractivity contribution in [1.29, 1.82) is 0 Å². The van der Waals surface area contributed by atoms with E-state index in [0.29, 0.717) is 19.2 Å². The fourth-order valence-corrected chi connectivity index (χ4v) is 2.15. The van der Waals surface area contributed by atoms with E-state index in [9.17, 15) is 5.11 Å². The maximum atomic E-state index is 10.4. The molecule has 0 heterocycles. The zero-order valence-electron chi connectivity index (χ0n) is 13.1. The van der Waals surface area contributed by atoms with Gasteiger partial charge in [0.2, 0.25) is 0 Å². The lowest BCUT2D eigenvalue weighted by Gasteiger charge is -2.27. The first-order valence-corrected chi connectivity index (χ1v) is 7.46. The van der Waals surface area contributed by atoms with Crippen molar-refractivity contribution in [3.63, 3.8) is 0 Å². The molecule has 0 saturated heterocycles. The molecule has 0 aromatic heterocycles. The van der Waals surface area contributed by atoms with Gasteiger partial charge in [-0.15, -0.1) is 0 Å². The summed E-state index contributed by atoms with van der Waals surface area (Å²) < 4.78 is 5.89. The Morgan fingerprint density at radius 2 is 1.85 bits per heavy atom. The largest absolute Gasteiger partial charge is 0.490 e. The topological polar surface area (TPSA) is 41.5 Å². The average Bonchev–Trinajstić information content (AvgIpc) is 3.18. The lowest BCUT2D eigenvalue weighted by atomic mass is 9.86. The summed E-state index contributed by atoms with van der Waals surface area (Å²) in [5, 5.41) is 13.7. The minimum absolute atomic E-state index is 0.0364. The Kier molecular flexibility index (Phi) is 4.40. The van der Waals surface area contributed by atoms with Crippen LogP contribution >= 0.6 is 0 Å². The Bertz CT molecular complexity index is 445. The van der Waals surface area contributed by atoms with Crippen LogP contribution in [0.5, 0.6) is 5.75 Å². The smallest absolute Gasteiger partial charge is 0.123 e. The highest BCUT2D eigenvalue weighted by Gasteiger charge is 2.28. The molecule has 1 unspecified atom stereocenters. The maximum absolute atomic E-state index is 10.4. The molecule has 2 N–H and O–H groups in total. The second kappa shape index (κ2) is 5.74. The van der Waals surface area contributed by atoms with Crippen molar-refractivity contribution < 1.29 is 9.84 Å². The van der Waals surface area contributed by atoms with Crippen LogP contribution in [0.25, 0.3) is 0 Å². The fourth-order valence-electron chi connectivity index (χ4n) is 2.15. The van der Waals surface area contributed by atoms with Crippen molar-refractivity contribution in [2.75, 3.05) is 13.2 Å². The summed E-state index contributed by atoms with van der Waals surface area (Å²) in [6.07, 6.45) is 2.45. The minimum Gasteiger partial charge on any atom is -0.490 e. The molecule has 0 aliphatic heterocycles. The van der Waals surface area contributed by atoms with E-state index in [0.717, 1.165) is 5.75 Å². The third-order valence-electron chi connectivity index (χ3n) is 3.58. The minimum atomic E-state index is -0.840. The number of hydrogen-bond acceptors (Lipinski definition) is 3. The summed E-state index contributed by atoms with van der Waals surface area (Å²) >= 11 is 0. The monoisotopic (exact) mass is 277 g/mol. The van der Waals surface area contributed by atoms with Crippen LogP contribution < -0.4 is 10.1 Å². The van der Waals surface area contributed by atoms with Crippen LogP contribution in [-0.4, -0.2) is 29.9 Å². The van der Waals surface area contributed by atoms with Gasteiger partial charge in [-0.3, -0.25) is 0 Å². The molecule has 1 aliphatic carbocycles. The van der Waals surface area contributed by atoms with E-state index < -0.39 is 5.60 Å². The number of ether oxygens (including phenoxy) is 1. The Morgan fingerprint density at radius 3 is 2.45 bits per heavy atom. The van der Waals surface area contributed by atoms with Gasteiger partial charge >= 0.3 is 0 Å². The van der Waals surface area contributed by atoms with Gasteiger partial charge in [0.15, 0.2) is 0 Å². The highest BCUT2D eigenvalue weighted by Crippen LogP contribution is 2.31. The predicted molar refractivity (Wildman–Crippen MR) is 82.3 cm³/mol. The molecule has 1 aromatic carbocycles. The van der Waals surface area contributed by atoms with E-state index in [2.05, 4.69) is 32.2 Å². The van der Waals surface area contributed by atoms with Gasteiger partial charge in [-0.05, 0) is 36.8 Å². The molecule has 0 radical (unpaired) electrons. The molecule has 1 atom stereocenters. The quantitative estimate of drug-likeness (QED) is 0.840. The first-order chi connectivity index (χ1) is 9.28. The number of hydrogen-bond donors (Lipinski definition) is 2. The third-order valence-corrected chi connectivity index (χ3v) is 3.58. The molecule has 20 heavy (non-hydrogen) atoms. The molecule has 1 saturated carbocycles. The summed E-state index contributed by atoms with van der Waals surface area (Å²) in [5.74, 6) is 0.867. The van der Waals surface area contributed by atoms with Crippen molar-refractivity contribution in [3.8, 4) is 5.75 Å². The number of benzene rings is 1. The Morgan fingerprint density at radius 1 is 1.20 bits per heavy atom. The van der Waals surface area contributed by atoms with Crippen molar-refractivity contribution in [2.45, 2.75) is 57.6 Å². The summed E-state index contributed by atoms with van der Waals surface area (Å²) in [7, 11) is 0. The standard InChI is InChI=1S/C17H27NO2/c1-16(2,3)14-7-5-6-8-15(14)20-12-17(4,19)11-18-13-9-10-13/h5-8,13,18-19H,9-12H2,1-4H3. The molecule has 1 aromatic rings. The molecule has 112 valence electrons. The van der Waals surface area contributed by atoms with Crippen LogP contribution in [0.1, 0.15) is 46.1 Å². The van der Waals surface area contributed by atoms with Crippen LogP contribution in [0.2, 0.25) is 0 Å². The van der Waals surface area contributed by atoms with E-state index in [-0.39, 0.29) is 5.41 Å². The van der Waals surface area contributed by atoms with Gasteiger partial charge in [-0.25, -0.2) is 0 Å². The van der Waals surface area contributed by atoms with Crippen molar-refractivity contribution >= 4 is 0 Å². The van der Waals surface area contributed by atoms with E-state index in [1.807, 2.05) is 25.1 Å². The highest BCUT2D eigenvalue weighted by molar-refractivity contribution is 5.38. The molecule has 0 spiro atoms. The van der Waals surface area contributed by atoms with E-state index in [4.69, 9.17) is 4.74 Å². The van der Waals surface area contributed by atoms with Crippen LogP contribution in [0.3, 0.4) is 0 Å². The fraction of sp³-hybridized carbons (Fsp3) is 0.647. The summed E-state index contributed by atoms with van der Waals surface area (Å²) in [6, 6.07) is 8.67. The van der Waals surface area contributed by atoms with Crippen LogP contribution in [0.4, 0.5) is 0 Å². The number of para-hydroxylation sites is 1. The molecule has 2 rings (SSSR count). The molecule has 3 heteroatoms. The summed E-state index contributed by atoms with van der Waals surface area (Å²) in [4.78, 5) is 0. The van der Waals surface area contributed by atoms with Crippen LogP contribution in [0, 0.1) is 0 Å². The number of nitrogens with one attached hydrogen (secondary N) is 1. The maximum Gasteiger partial charge on any atom is 0.123 e. The lowest BCUT2D eigenvalue weighted by Crippen LogP contribution is -2.43. The first-order valence-electron chi connectivity index (χ1n) is 7.46. The van der Waals surface area contributed by atoms with Crippen LogP contribution in [0.15, 0.2) is 24.3 Å². The van der Waals surface area contributed by atoms with Gasteiger partial charge in [0.05, 0.1) is 0 Å². The van der Waals surface area contributed by atoms with Crippen molar-refractivity contribution in [2.24, 2.45) is 0 Å². The van der Waals surface area contributed by atoms with E-state index in [1.165, 1.54) is 18.4 Å². The van der Waals surface area contributed by atoms with Gasteiger partial charge < -0.3 is 15.2 Å². The normalized spacial score (nSPS) is 18.6. The van der Waals surface area contributed by atoms with Gasteiger partial charge in [0, 0.05) is 12.6 Å². The van der Waals surface area contributed by atoms with E-state index >= 15 is 0 Å². The number of rotatable bonds is 6. The van der Waals surface area contributed by atoms with Gasteiger partial charge in [-0.2, -0.15) is 0 Å². The van der Waals surface area contributed by atoms with Gasteiger partial charge in [0.25, 0.3) is 0 Å². The molecule has 1 aliphatic rings. The van der Waals surface area contributed by atoms with E-state index in [1.54, 1.807) is 0 Å². The SMILES string of the molecule is CC(O)(CNC1CC1)COc1ccccc1C(C)(C)C.